The number of carbonyl (C=O) groups is 2. The van der Waals surface area contributed by atoms with Gasteiger partial charge in [0, 0.05) is 12.1 Å². The second kappa shape index (κ2) is 6.11. The highest BCUT2D eigenvalue weighted by molar-refractivity contribution is 5.90. The number of rotatable bonds is 5. The number of carboxylic acids is 2. The lowest BCUT2D eigenvalue weighted by Gasteiger charge is -2.42. The molecule has 0 aromatic rings. The average Bonchev–Trinajstić information content (AvgIpc) is 3.31. The number of carboxylic acid groups (broad SMARTS) is 2. The first kappa shape index (κ1) is 16.2. The Labute approximate surface area is 136 Å². The quantitative estimate of drug-likeness (QED) is 0.814. The van der Waals surface area contributed by atoms with Crippen molar-refractivity contribution in [2.75, 3.05) is 19.6 Å². The first-order valence-corrected chi connectivity index (χ1v) is 8.50. The molecule has 0 spiro atoms. The number of allylic oxidation sites excluding steroid dienone is 2. The molecular weight excluding hydrogens is 294 g/mol. The zero-order chi connectivity index (χ0) is 16.6. The van der Waals surface area contributed by atoms with Crippen LogP contribution in [-0.4, -0.2) is 46.7 Å². The Kier molecular flexibility index (Phi) is 4.32. The molecule has 3 rings (SSSR count). The van der Waals surface area contributed by atoms with Crippen LogP contribution < -0.4 is 0 Å². The molecule has 3 aliphatic rings. The molecule has 5 nitrogen and oxygen atoms in total. The van der Waals surface area contributed by atoms with Crippen molar-refractivity contribution in [1.29, 1.82) is 0 Å². The number of hydrogen-bond donors (Lipinski definition) is 2. The van der Waals surface area contributed by atoms with Crippen LogP contribution in [0.4, 0.5) is 0 Å². The molecule has 2 fully saturated rings. The molecule has 2 N–H and O–H groups in total. The third-order valence-corrected chi connectivity index (χ3v) is 5.57. The Morgan fingerprint density at radius 2 is 1.87 bits per heavy atom. The van der Waals surface area contributed by atoms with Gasteiger partial charge in [-0.15, -0.1) is 0 Å². The minimum absolute atomic E-state index is 0.00783. The summed E-state index contributed by atoms with van der Waals surface area (Å²) in [7, 11) is 0. The average molecular weight is 319 g/mol. The second-order valence-electron chi connectivity index (χ2n) is 7.40. The Bertz CT molecular complexity index is 568. The summed E-state index contributed by atoms with van der Waals surface area (Å²) in [5, 5.41) is 19.2. The Morgan fingerprint density at radius 1 is 1.22 bits per heavy atom. The van der Waals surface area contributed by atoms with Crippen LogP contribution in [0.1, 0.15) is 39.0 Å². The van der Waals surface area contributed by atoms with Crippen LogP contribution in [0.2, 0.25) is 0 Å². The molecule has 0 bridgehead atoms. The van der Waals surface area contributed by atoms with Gasteiger partial charge in [0.15, 0.2) is 0 Å². The zero-order valence-electron chi connectivity index (χ0n) is 13.6. The van der Waals surface area contributed by atoms with Crippen LogP contribution >= 0.6 is 0 Å². The van der Waals surface area contributed by atoms with Crippen LogP contribution in [0.5, 0.6) is 0 Å². The van der Waals surface area contributed by atoms with Gasteiger partial charge < -0.3 is 15.1 Å². The molecule has 0 aromatic carbocycles. The third kappa shape index (κ3) is 3.34. The van der Waals surface area contributed by atoms with Gasteiger partial charge in [-0.3, -0.25) is 4.79 Å². The van der Waals surface area contributed by atoms with Gasteiger partial charge >= 0.3 is 11.9 Å². The van der Waals surface area contributed by atoms with E-state index in [1.165, 1.54) is 12.8 Å². The maximum Gasteiger partial charge on any atom is 0.331 e. The van der Waals surface area contributed by atoms with Crippen LogP contribution in [0.25, 0.3) is 0 Å². The van der Waals surface area contributed by atoms with E-state index in [1.807, 2.05) is 0 Å². The molecule has 5 heteroatoms. The van der Waals surface area contributed by atoms with Crippen molar-refractivity contribution >= 4 is 11.9 Å². The molecule has 1 atom stereocenters. The van der Waals surface area contributed by atoms with Crippen LogP contribution in [0.15, 0.2) is 23.3 Å². The lowest BCUT2D eigenvalue weighted by molar-refractivity contribution is -0.150. The van der Waals surface area contributed by atoms with Crippen molar-refractivity contribution in [2.24, 2.45) is 17.3 Å². The van der Waals surface area contributed by atoms with E-state index in [0.29, 0.717) is 0 Å². The highest BCUT2D eigenvalue weighted by Crippen LogP contribution is 2.46. The highest BCUT2D eigenvalue weighted by Gasteiger charge is 2.47. The van der Waals surface area contributed by atoms with E-state index in [1.54, 1.807) is 19.1 Å². The van der Waals surface area contributed by atoms with Gasteiger partial charge in [0.1, 0.15) is 0 Å². The van der Waals surface area contributed by atoms with Crippen LogP contribution in [0.3, 0.4) is 0 Å². The van der Waals surface area contributed by atoms with Crippen LogP contribution in [0, 0.1) is 17.3 Å². The summed E-state index contributed by atoms with van der Waals surface area (Å²) in [6, 6.07) is 0. The summed E-state index contributed by atoms with van der Waals surface area (Å²) in [6.45, 7) is 4.79. The van der Waals surface area contributed by atoms with E-state index in [-0.39, 0.29) is 17.9 Å². The number of nitrogens with zero attached hydrogens (tertiary/aromatic N) is 1. The minimum Gasteiger partial charge on any atom is -0.481 e. The fourth-order valence-corrected chi connectivity index (χ4v) is 4.15. The molecule has 0 amide bonds. The third-order valence-electron chi connectivity index (χ3n) is 5.57. The first-order chi connectivity index (χ1) is 10.9. The van der Waals surface area contributed by atoms with Gasteiger partial charge in [0.05, 0.1) is 5.41 Å². The topological polar surface area (TPSA) is 77.8 Å². The smallest absolute Gasteiger partial charge is 0.331 e. The van der Waals surface area contributed by atoms with Crippen molar-refractivity contribution in [3.63, 3.8) is 0 Å². The Hall–Kier alpha value is -1.62. The molecule has 1 aliphatic heterocycles. The van der Waals surface area contributed by atoms with E-state index in [0.717, 1.165) is 44.0 Å². The summed E-state index contributed by atoms with van der Waals surface area (Å²) in [4.78, 5) is 25.9. The number of hydrogen-bond acceptors (Lipinski definition) is 3. The SMILES string of the molecule is CC1=CC(C(=O)O)(C2CCN(CC3CC3)CC2)CC(C(=O)O)=C1. The van der Waals surface area contributed by atoms with Crippen molar-refractivity contribution in [2.45, 2.75) is 39.0 Å². The summed E-state index contributed by atoms with van der Waals surface area (Å²) >= 11 is 0. The van der Waals surface area contributed by atoms with Crippen molar-refractivity contribution in [3.8, 4) is 0 Å². The predicted molar refractivity (Wildman–Crippen MR) is 86.0 cm³/mol. The van der Waals surface area contributed by atoms with Crippen molar-refractivity contribution in [3.05, 3.63) is 23.3 Å². The molecule has 0 aromatic heterocycles. The fourth-order valence-electron chi connectivity index (χ4n) is 4.15. The number of aliphatic carboxylic acids is 2. The van der Waals surface area contributed by atoms with E-state index in [2.05, 4.69) is 4.90 Å². The first-order valence-electron chi connectivity index (χ1n) is 8.50. The highest BCUT2D eigenvalue weighted by atomic mass is 16.4. The van der Waals surface area contributed by atoms with Crippen molar-refractivity contribution in [1.82, 2.24) is 4.90 Å². The zero-order valence-corrected chi connectivity index (χ0v) is 13.6. The summed E-state index contributed by atoms with van der Waals surface area (Å²) in [5.41, 5.74) is -0.0950. The molecule has 1 saturated carbocycles. The van der Waals surface area contributed by atoms with Gasteiger partial charge in [-0.05, 0) is 70.0 Å². The summed E-state index contributed by atoms with van der Waals surface area (Å²) in [5.74, 6) is -1.04. The number of likely N-dealkylation sites (tertiary alicyclic amines) is 1. The fraction of sp³-hybridized carbons (Fsp3) is 0.667. The molecule has 1 unspecified atom stereocenters. The summed E-state index contributed by atoms with van der Waals surface area (Å²) in [6.07, 6.45) is 7.81. The molecule has 1 heterocycles. The van der Waals surface area contributed by atoms with E-state index < -0.39 is 17.4 Å². The second-order valence-corrected chi connectivity index (χ2v) is 7.40. The molecule has 1 saturated heterocycles. The van der Waals surface area contributed by atoms with E-state index in [9.17, 15) is 19.8 Å². The molecule has 126 valence electrons. The lowest BCUT2D eigenvalue weighted by atomic mass is 9.64. The number of piperidine rings is 1. The summed E-state index contributed by atoms with van der Waals surface area (Å²) < 4.78 is 0. The van der Waals surface area contributed by atoms with Gasteiger partial charge in [-0.1, -0.05) is 11.6 Å². The predicted octanol–water partition coefficient (Wildman–Crippen LogP) is 2.54. The minimum atomic E-state index is -1.06. The van der Waals surface area contributed by atoms with E-state index in [4.69, 9.17) is 0 Å². The maximum absolute atomic E-state index is 12.1. The van der Waals surface area contributed by atoms with Gasteiger partial charge in [-0.2, -0.15) is 0 Å². The van der Waals surface area contributed by atoms with Crippen LogP contribution in [-0.2, 0) is 9.59 Å². The van der Waals surface area contributed by atoms with Crippen molar-refractivity contribution < 1.29 is 19.8 Å². The Morgan fingerprint density at radius 3 is 2.39 bits per heavy atom. The maximum atomic E-state index is 12.1. The monoisotopic (exact) mass is 319 g/mol. The normalized spacial score (nSPS) is 29.8. The Balaban J connectivity index is 1.75. The molecule has 0 radical (unpaired) electrons. The van der Waals surface area contributed by atoms with E-state index >= 15 is 0 Å². The standard InChI is InChI=1S/C18H25NO4/c1-12-8-14(16(20)21)10-18(9-12,17(22)23)15-4-6-19(7-5-15)11-13-2-3-13/h8-9,13,15H,2-7,10-11H2,1H3,(H,20,21)(H,22,23). The van der Waals surface area contributed by atoms with Gasteiger partial charge in [-0.25, -0.2) is 4.79 Å². The molecule has 23 heavy (non-hydrogen) atoms. The largest absolute Gasteiger partial charge is 0.481 e. The molecule has 2 aliphatic carbocycles. The lowest BCUT2D eigenvalue weighted by Crippen LogP contribution is -2.46. The molecular formula is C18H25NO4. The van der Waals surface area contributed by atoms with Gasteiger partial charge in [0.25, 0.3) is 0 Å². The van der Waals surface area contributed by atoms with Gasteiger partial charge in [0.2, 0.25) is 0 Å².